The van der Waals surface area contributed by atoms with E-state index in [-0.39, 0.29) is 5.92 Å². The lowest BCUT2D eigenvalue weighted by Gasteiger charge is -2.25. The standard InChI is InChI=1S/C66H52/c1-3-22-50(29-21-30-54-45-53-28-13-14-34-59(53)62-36-18-17-35-60(54)62)56-32-15-16-33-58(56)55-43-44-61(52-41-39-49(40-42-52)48-24-8-5-9-25-48)65(46-55)66-47(2)23-7-4-12-31-57(51-26-10-6-11-27-51)63-37-19-20-38-64(63)66/h3-30,32-46,57H,31H2,1-2H3/b12-4-,22-3-,23-7-,30-21+,50-29+,66-47-. The molecule has 0 saturated carbocycles. The van der Waals surface area contributed by atoms with E-state index < -0.39 is 0 Å². The van der Waals surface area contributed by atoms with E-state index >= 15 is 0 Å². The van der Waals surface area contributed by atoms with Gasteiger partial charge in [-0.15, -0.1) is 0 Å². The molecule has 1 aliphatic rings. The summed E-state index contributed by atoms with van der Waals surface area (Å²) in [5, 5.41) is 5.05. The molecule has 66 heavy (non-hydrogen) atoms. The summed E-state index contributed by atoms with van der Waals surface area (Å²) in [4.78, 5) is 0. The first-order valence-corrected chi connectivity index (χ1v) is 23.1. The molecule has 0 N–H and O–H groups in total. The minimum atomic E-state index is 0.194. The van der Waals surface area contributed by atoms with E-state index in [0.717, 1.165) is 12.0 Å². The predicted molar refractivity (Wildman–Crippen MR) is 285 cm³/mol. The van der Waals surface area contributed by atoms with Crippen LogP contribution in [0.3, 0.4) is 0 Å². The molecule has 0 aliphatic heterocycles. The molecule has 10 rings (SSSR count). The van der Waals surface area contributed by atoms with Crippen molar-refractivity contribution < 1.29 is 0 Å². The fraction of sp³-hybridized carbons (Fsp3) is 0.0606. The van der Waals surface area contributed by atoms with Crippen LogP contribution in [0.1, 0.15) is 59.6 Å². The van der Waals surface area contributed by atoms with Crippen LogP contribution in [0.4, 0.5) is 0 Å². The van der Waals surface area contributed by atoms with Crippen molar-refractivity contribution in [3.63, 3.8) is 0 Å². The highest BCUT2D eigenvalue weighted by Crippen LogP contribution is 2.44. The second kappa shape index (κ2) is 19.4. The molecular formula is C66H52. The molecular weight excluding hydrogens is 793 g/mol. The molecule has 0 nitrogen and oxygen atoms in total. The molecule has 0 fully saturated rings. The summed E-state index contributed by atoms with van der Waals surface area (Å²) in [6.45, 7) is 4.38. The number of hydrogen-bond donors (Lipinski definition) is 0. The molecule has 316 valence electrons. The first-order valence-electron chi connectivity index (χ1n) is 23.1. The lowest BCUT2D eigenvalue weighted by atomic mass is 9.78. The molecule has 0 spiro atoms. The van der Waals surface area contributed by atoms with E-state index in [2.05, 4.69) is 275 Å². The van der Waals surface area contributed by atoms with Crippen LogP contribution in [0.25, 0.3) is 72.1 Å². The van der Waals surface area contributed by atoms with Crippen LogP contribution in [0, 0.1) is 0 Å². The Hall–Kier alpha value is -8.06. The Morgan fingerprint density at radius 2 is 1.14 bits per heavy atom. The first-order chi connectivity index (χ1) is 32.6. The van der Waals surface area contributed by atoms with Gasteiger partial charge in [0.2, 0.25) is 0 Å². The fourth-order valence-electron chi connectivity index (χ4n) is 9.82. The van der Waals surface area contributed by atoms with Crippen molar-refractivity contribution in [1.82, 2.24) is 0 Å². The van der Waals surface area contributed by atoms with Gasteiger partial charge in [-0.1, -0.05) is 249 Å². The molecule has 1 atom stereocenters. The summed E-state index contributed by atoms with van der Waals surface area (Å²) in [6, 6.07) is 75.5. The highest BCUT2D eigenvalue weighted by Gasteiger charge is 2.23. The van der Waals surface area contributed by atoms with Crippen LogP contribution >= 0.6 is 0 Å². The third kappa shape index (κ3) is 8.62. The highest BCUT2D eigenvalue weighted by atomic mass is 14.3. The zero-order chi connectivity index (χ0) is 44.7. The second-order valence-electron chi connectivity index (χ2n) is 17.1. The molecule has 9 aromatic rings. The Morgan fingerprint density at radius 1 is 0.500 bits per heavy atom. The summed E-state index contributed by atoms with van der Waals surface area (Å²) < 4.78 is 0. The van der Waals surface area contributed by atoms with Crippen molar-refractivity contribution in [1.29, 1.82) is 0 Å². The summed E-state index contributed by atoms with van der Waals surface area (Å²) in [6.07, 6.45) is 21.0. The monoisotopic (exact) mass is 844 g/mol. The van der Waals surface area contributed by atoms with Crippen molar-refractivity contribution >= 4 is 38.8 Å². The molecule has 0 amide bonds. The van der Waals surface area contributed by atoms with E-state index in [0.29, 0.717) is 0 Å². The average Bonchev–Trinajstić information content (AvgIpc) is 3.38. The van der Waals surface area contributed by atoms with Gasteiger partial charge in [0.1, 0.15) is 0 Å². The van der Waals surface area contributed by atoms with Crippen LogP contribution < -0.4 is 0 Å². The second-order valence-corrected chi connectivity index (χ2v) is 17.1. The number of fused-ring (bicyclic) bond motifs is 4. The molecule has 0 heterocycles. The Labute approximate surface area is 390 Å². The summed E-state index contributed by atoms with van der Waals surface area (Å²) in [5.41, 5.74) is 18.3. The topological polar surface area (TPSA) is 0 Å². The predicted octanol–water partition coefficient (Wildman–Crippen LogP) is 18.1. The minimum absolute atomic E-state index is 0.194. The zero-order valence-corrected chi connectivity index (χ0v) is 37.6. The fourth-order valence-corrected chi connectivity index (χ4v) is 9.82. The van der Waals surface area contributed by atoms with Crippen LogP contribution in [-0.2, 0) is 0 Å². The zero-order valence-electron chi connectivity index (χ0n) is 37.6. The lowest BCUT2D eigenvalue weighted by Crippen LogP contribution is -2.06. The Kier molecular flexibility index (Phi) is 12.3. The van der Waals surface area contributed by atoms with Gasteiger partial charge in [-0.25, -0.2) is 0 Å². The van der Waals surface area contributed by atoms with Gasteiger partial charge < -0.3 is 0 Å². The average molecular weight is 845 g/mol. The van der Waals surface area contributed by atoms with Crippen molar-refractivity contribution in [3.05, 3.63) is 294 Å². The van der Waals surface area contributed by atoms with Gasteiger partial charge in [-0.3, -0.25) is 0 Å². The summed E-state index contributed by atoms with van der Waals surface area (Å²) >= 11 is 0. The van der Waals surface area contributed by atoms with Crippen molar-refractivity contribution in [3.8, 4) is 33.4 Å². The van der Waals surface area contributed by atoms with Gasteiger partial charge in [-0.2, -0.15) is 0 Å². The Morgan fingerprint density at radius 3 is 1.94 bits per heavy atom. The van der Waals surface area contributed by atoms with Gasteiger partial charge in [0, 0.05) is 5.92 Å². The van der Waals surface area contributed by atoms with E-state index in [1.165, 1.54) is 99.5 Å². The molecule has 0 radical (unpaired) electrons. The molecule has 1 aliphatic carbocycles. The van der Waals surface area contributed by atoms with E-state index in [1.807, 2.05) is 0 Å². The molecule has 9 aromatic carbocycles. The van der Waals surface area contributed by atoms with Crippen molar-refractivity contribution in [2.75, 3.05) is 0 Å². The van der Waals surface area contributed by atoms with Crippen LogP contribution in [0.15, 0.2) is 260 Å². The van der Waals surface area contributed by atoms with Gasteiger partial charge in [0.15, 0.2) is 0 Å². The maximum Gasteiger partial charge on any atom is 0.0130 e. The van der Waals surface area contributed by atoms with Crippen LogP contribution in [0.5, 0.6) is 0 Å². The number of rotatable bonds is 9. The van der Waals surface area contributed by atoms with Crippen molar-refractivity contribution in [2.45, 2.75) is 26.2 Å². The normalized spacial score (nSPS) is 16.5. The lowest BCUT2D eigenvalue weighted by molar-refractivity contribution is 0.826. The number of allylic oxidation sites excluding steroid dienone is 10. The minimum Gasteiger partial charge on any atom is -0.0870 e. The van der Waals surface area contributed by atoms with Crippen LogP contribution in [-0.4, -0.2) is 0 Å². The summed E-state index contributed by atoms with van der Waals surface area (Å²) in [7, 11) is 0. The molecule has 0 saturated heterocycles. The molecule has 0 bridgehead atoms. The third-order valence-electron chi connectivity index (χ3n) is 13.0. The van der Waals surface area contributed by atoms with E-state index in [9.17, 15) is 0 Å². The third-order valence-corrected chi connectivity index (χ3v) is 13.0. The Balaban J connectivity index is 1.14. The smallest absolute Gasteiger partial charge is 0.0130 e. The maximum atomic E-state index is 2.45. The molecule has 1 unspecified atom stereocenters. The van der Waals surface area contributed by atoms with E-state index in [1.54, 1.807) is 0 Å². The van der Waals surface area contributed by atoms with Gasteiger partial charge in [-0.05, 0) is 137 Å². The number of hydrogen-bond acceptors (Lipinski definition) is 0. The maximum absolute atomic E-state index is 2.45. The van der Waals surface area contributed by atoms with Crippen LogP contribution in [0.2, 0.25) is 0 Å². The quantitative estimate of drug-likeness (QED) is 0.100. The SMILES string of the molecule is C\C=C/C(=C\C=C\c1cc2ccccc2c2ccccc12)c1ccccc1-c1ccc(-c2ccc(-c3ccccc3)cc2)c(\C2=C(C)/C=C\C=C/CC(c3ccccc3)c3ccccc32)c1. The largest absolute Gasteiger partial charge is 0.0870 e. The van der Waals surface area contributed by atoms with E-state index in [4.69, 9.17) is 0 Å². The van der Waals surface area contributed by atoms with Gasteiger partial charge in [0.05, 0.1) is 0 Å². The highest BCUT2D eigenvalue weighted by molar-refractivity contribution is 6.11. The molecule has 0 heteroatoms. The Bertz CT molecular complexity index is 3370. The van der Waals surface area contributed by atoms with Gasteiger partial charge in [0.25, 0.3) is 0 Å². The summed E-state index contributed by atoms with van der Waals surface area (Å²) in [5.74, 6) is 0.194. The first kappa shape index (κ1) is 41.9. The van der Waals surface area contributed by atoms with Gasteiger partial charge >= 0.3 is 0 Å². The number of benzene rings is 9. The van der Waals surface area contributed by atoms with Crippen molar-refractivity contribution in [2.24, 2.45) is 0 Å². The molecule has 0 aromatic heterocycles.